The van der Waals surface area contributed by atoms with E-state index in [0.717, 1.165) is 45.3 Å². The Labute approximate surface area is 186 Å². The number of hydrogen-bond donors (Lipinski definition) is 4. The molecule has 6 nitrogen and oxygen atoms in total. The lowest BCUT2D eigenvalue weighted by atomic mass is 9.74. The molecular formula is C20H35BCl2N2O4. The highest BCUT2D eigenvalue weighted by molar-refractivity contribution is 6.40. The molecule has 1 aliphatic heterocycles. The number of rotatable bonds is 11. The van der Waals surface area contributed by atoms with Gasteiger partial charge in [0.05, 0.1) is 0 Å². The van der Waals surface area contributed by atoms with Crippen molar-refractivity contribution >= 4 is 37.9 Å². The molecule has 0 saturated carbocycles. The molecular weight excluding hydrogens is 414 g/mol. The molecule has 9 heteroatoms. The molecule has 29 heavy (non-hydrogen) atoms. The first-order chi connectivity index (χ1) is 12.9. The number of carboxylic acids is 1. The van der Waals surface area contributed by atoms with Gasteiger partial charge < -0.3 is 25.8 Å². The summed E-state index contributed by atoms with van der Waals surface area (Å²) in [5.74, 6) is -0.964. The van der Waals surface area contributed by atoms with Gasteiger partial charge in [-0.2, -0.15) is 0 Å². The first-order valence-corrected chi connectivity index (χ1v) is 10.1. The fourth-order valence-corrected chi connectivity index (χ4v) is 4.05. The maximum atomic E-state index is 11.8. The Balaban J connectivity index is 0.00000392. The minimum Gasteiger partial charge on any atom is -0.480 e. The van der Waals surface area contributed by atoms with Gasteiger partial charge in [0.15, 0.2) is 0 Å². The number of aryl methyl sites for hydroxylation is 1. The van der Waals surface area contributed by atoms with Gasteiger partial charge >= 0.3 is 13.1 Å². The van der Waals surface area contributed by atoms with Crippen LogP contribution in [-0.4, -0.2) is 58.3 Å². The maximum Gasteiger partial charge on any atom is 0.451 e. The summed E-state index contributed by atoms with van der Waals surface area (Å²) < 4.78 is 0. The normalized spacial score (nSPS) is 16.9. The van der Waals surface area contributed by atoms with Crippen LogP contribution in [0.3, 0.4) is 0 Å². The van der Waals surface area contributed by atoms with E-state index in [-0.39, 0.29) is 37.1 Å². The molecule has 5 N–H and O–H groups in total. The lowest BCUT2D eigenvalue weighted by molar-refractivity contribution is -0.147. The van der Waals surface area contributed by atoms with Gasteiger partial charge in [0.25, 0.3) is 0 Å². The SMILES string of the molecule is Cl.Cl.NC(CCCCB(O)O)(C(=O)O)C1CCN(CCCc2ccccc2)CC1. The predicted molar refractivity (Wildman–Crippen MR) is 122 cm³/mol. The summed E-state index contributed by atoms with van der Waals surface area (Å²) in [6, 6.07) is 10.5. The van der Waals surface area contributed by atoms with Crippen molar-refractivity contribution in [3.63, 3.8) is 0 Å². The number of carbonyl (C=O) groups is 1. The maximum absolute atomic E-state index is 11.8. The second-order valence-electron chi connectivity index (χ2n) is 7.78. The number of benzene rings is 1. The Kier molecular flexibility index (Phi) is 13.8. The van der Waals surface area contributed by atoms with Crippen LogP contribution in [0.4, 0.5) is 0 Å². The smallest absolute Gasteiger partial charge is 0.451 e. The van der Waals surface area contributed by atoms with Crippen molar-refractivity contribution in [1.29, 1.82) is 0 Å². The third kappa shape index (κ3) is 9.24. The quantitative estimate of drug-likeness (QED) is 0.306. The van der Waals surface area contributed by atoms with Crippen LogP contribution in [0.5, 0.6) is 0 Å². The highest BCUT2D eigenvalue weighted by atomic mass is 35.5. The van der Waals surface area contributed by atoms with Gasteiger partial charge in [-0.3, -0.25) is 4.79 Å². The summed E-state index contributed by atoms with van der Waals surface area (Å²) in [5, 5.41) is 27.5. The number of halogens is 2. The molecule has 1 heterocycles. The zero-order valence-electron chi connectivity index (χ0n) is 16.9. The van der Waals surface area contributed by atoms with Gasteiger partial charge in [0.2, 0.25) is 0 Å². The highest BCUT2D eigenvalue weighted by Gasteiger charge is 2.42. The number of piperidine rings is 1. The summed E-state index contributed by atoms with van der Waals surface area (Å²) in [5.41, 5.74) is 6.45. The van der Waals surface area contributed by atoms with Crippen LogP contribution >= 0.6 is 24.8 Å². The van der Waals surface area contributed by atoms with Crippen molar-refractivity contribution in [2.75, 3.05) is 19.6 Å². The molecule has 0 aromatic heterocycles. The van der Waals surface area contributed by atoms with Crippen LogP contribution in [0, 0.1) is 5.92 Å². The van der Waals surface area contributed by atoms with Crippen LogP contribution < -0.4 is 5.73 Å². The minimum absolute atomic E-state index is 0. The molecule has 2 rings (SSSR count). The van der Waals surface area contributed by atoms with Gasteiger partial charge in [-0.25, -0.2) is 0 Å². The van der Waals surface area contributed by atoms with E-state index in [9.17, 15) is 9.90 Å². The molecule has 0 amide bonds. The number of likely N-dealkylation sites (tertiary alicyclic amines) is 1. The molecule has 1 atom stereocenters. The van der Waals surface area contributed by atoms with E-state index >= 15 is 0 Å². The molecule has 1 unspecified atom stereocenters. The Morgan fingerprint density at radius 3 is 2.28 bits per heavy atom. The van der Waals surface area contributed by atoms with Crippen LogP contribution in [0.1, 0.15) is 44.1 Å². The summed E-state index contributed by atoms with van der Waals surface area (Å²) in [6.45, 7) is 2.81. The lowest BCUT2D eigenvalue weighted by Crippen LogP contribution is -2.57. The number of nitrogens with zero attached hydrogens (tertiary/aromatic N) is 1. The molecule has 0 spiro atoms. The first kappa shape index (κ1) is 28.2. The molecule has 1 aliphatic rings. The molecule has 166 valence electrons. The summed E-state index contributed by atoms with van der Waals surface area (Å²) >= 11 is 0. The number of aliphatic carboxylic acids is 1. The van der Waals surface area contributed by atoms with E-state index in [0.29, 0.717) is 19.3 Å². The first-order valence-electron chi connectivity index (χ1n) is 10.1. The van der Waals surface area contributed by atoms with E-state index in [4.69, 9.17) is 15.8 Å². The van der Waals surface area contributed by atoms with Gasteiger partial charge in [-0.1, -0.05) is 43.2 Å². The second-order valence-corrected chi connectivity index (χ2v) is 7.78. The van der Waals surface area contributed by atoms with E-state index in [2.05, 4.69) is 29.2 Å². The van der Waals surface area contributed by atoms with E-state index in [1.54, 1.807) is 0 Å². The lowest BCUT2D eigenvalue weighted by Gasteiger charge is -2.40. The molecule has 1 saturated heterocycles. The molecule has 0 bridgehead atoms. The van der Waals surface area contributed by atoms with E-state index in [1.807, 2.05) is 6.07 Å². The zero-order chi connectivity index (χ0) is 19.7. The molecule has 0 aliphatic carbocycles. The van der Waals surface area contributed by atoms with Crippen LogP contribution in [0.25, 0.3) is 0 Å². The van der Waals surface area contributed by atoms with Gasteiger partial charge in [-0.05, 0) is 69.5 Å². The van der Waals surface area contributed by atoms with Gasteiger partial charge in [-0.15, -0.1) is 24.8 Å². The molecule has 0 radical (unpaired) electrons. The van der Waals surface area contributed by atoms with Crippen LogP contribution in [0.15, 0.2) is 30.3 Å². The Hall–Kier alpha value is -0.825. The number of carboxylic acid groups (broad SMARTS) is 1. The van der Waals surface area contributed by atoms with Crippen molar-refractivity contribution in [1.82, 2.24) is 4.90 Å². The fraction of sp³-hybridized carbons (Fsp3) is 0.650. The Morgan fingerprint density at radius 2 is 1.72 bits per heavy atom. The minimum atomic E-state index is -1.33. The Morgan fingerprint density at radius 1 is 1.10 bits per heavy atom. The second kappa shape index (κ2) is 14.2. The zero-order valence-corrected chi connectivity index (χ0v) is 18.5. The van der Waals surface area contributed by atoms with E-state index < -0.39 is 18.6 Å². The largest absolute Gasteiger partial charge is 0.480 e. The van der Waals surface area contributed by atoms with Crippen LogP contribution in [-0.2, 0) is 11.2 Å². The third-order valence-corrected chi connectivity index (χ3v) is 5.80. The summed E-state index contributed by atoms with van der Waals surface area (Å²) in [7, 11) is -1.33. The topological polar surface area (TPSA) is 107 Å². The number of nitrogens with two attached hydrogens (primary N) is 1. The third-order valence-electron chi connectivity index (χ3n) is 5.80. The highest BCUT2D eigenvalue weighted by Crippen LogP contribution is 2.31. The Bertz CT molecular complexity index is 575. The van der Waals surface area contributed by atoms with Crippen molar-refractivity contribution in [3.8, 4) is 0 Å². The predicted octanol–water partition coefficient (Wildman–Crippen LogP) is 2.60. The van der Waals surface area contributed by atoms with Crippen molar-refractivity contribution in [2.24, 2.45) is 11.7 Å². The molecule has 1 fully saturated rings. The molecule has 1 aromatic carbocycles. The summed E-state index contributed by atoms with van der Waals surface area (Å²) in [4.78, 5) is 14.2. The van der Waals surface area contributed by atoms with Crippen LogP contribution in [0.2, 0.25) is 6.32 Å². The van der Waals surface area contributed by atoms with Crippen molar-refractivity contribution in [3.05, 3.63) is 35.9 Å². The average molecular weight is 449 g/mol. The average Bonchev–Trinajstić information content (AvgIpc) is 2.66. The molecule has 1 aromatic rings. The fourth-order valence-electron chi connectivity index (χ4n) is 4.05. The van der Waals surface area contributed by atoms with Gasteiger partial charge in [0, 0.05) is 0 Å². The van der Waals surface area contributed by atoms with Gasteiger partial charge in [0.1, 0.15) is 5.54 Å². The number of hydrogen-bond acceptors (Lipinski definition) is 5. The summed E-state index contributed by atoms with van der Waals surface area (Å²) in [6.07, 6.45) is 5.58. The standard InChI is InChI=1S/C20H33BN2O4.2ClH/c22-20(19(24)25,12-4-5-13-21(26)27)18-10-15-23(16-11-18)14-6-9-17-7-2-1-3-8-17;;/h1-3,7-8,18,26-27H,4-6,9-16,22H2,(H,24,25);2*1H. The van der Waals surface area contributed by atoms with Crippen molar-refractivity contribution < 1.29 is 19.9 Å². The van der Waals surface area contributed by atoms with Crippen molar-refractivity contribution in [2.45, 2.75) is 56.8 Å². The number of unbranched alkanes of at least 4 members (excludes halogenated alkanes) is 1. The van der Waals surface area contributed by atoms with E-state index in [1.165, 1.54) is 5.56 Å². The monoisotopic (exact) mass is 448 g/mol.